The summed E-state index contributed by atoms with van der Waals surface area (Å²) in [5.74, 6) is -0.0997. The molecule has 1 amide bonds. The lowest BCUT2D eigenvalue weighted by Gasteiger charge is -2.19. The van der Waals surface area contributed by atoms with E-state index in [9.17, 15) is 15.0 Å². The number of aliphatic hydroxyl groups excluding tert-OH is 1. The Labute approximate surface area is 112 Å². The number of hydrogen-bond acceptors (Lipinski definition) is 4. The van der Waals surface area contributed by atoms with E-state index in [2.05, 4.69) is 5.32 Å². The van der Waals surface area contributed by atoms with Gasteiger partial charge in [0.15, 0.2) is 11.5 Å². The van der Waals surface area contributed by atoms with Crippen LogP contribution in [0.25, 0.3) is 0 Å². The van der Waals surface area contributed by atoms with Gasteiger partial charge in [0.2, 0.25) is 0 Å². The Morgan fingerprint density at radius 3 is 2.95 bits per heavy atom. The molecule has 104 valence electrons. The summed E-state index contributed by atoms with van der Waals surface area (Å²) in [4.78, 5) is 12.1. The summed E-state index contributed by atoms with van der Waals surface area (Å²) in [5.41, 5.74) is 0.197. The third-order valence-electron chi connectivity index (χ3n) is 3.67. The number of carbonyl (C=O) groups excluding carboxylic acids is 1. The van der Waals surface area contributed by atoms with Crippen LogP contribution in [0.5, 0.6) is 11.5 Å². The predicted octanol–water partition coefficient (Wildman–Crippen LogP) is 1.29. The summed E-state index contributed by atoms with van der Waals surface area (Å²) in [6.07, 6.45) is 2.79. The van der Waals surface area contributed by atoms with Crippen molar-refractivity contribution in [1.29, 1.82) is 0 Å². The summed E-state index contributed by atoms with van der Waals surface area (Å²) < 4.78 is 4.98. The molecule has 1 aliphatic carbocycles. The molecule has 0 bridgehead atoms. The van der Waals surface area contributed by atoms with E-state index in [-0.39, 0.29) is 41.5 Å². The van der Waals surface area contributed by atoms with Gasteiger partial charge >= 0.3 is 0 Å². The highest BCUT2D eigenvalue weighted by Gasteiger charge is 2.28. The predicted molar refractivity (Wildman–Crippen MR) is 70.3 cm³/mol. The Bertz CT molecular complexity index is 461. The van der Waals surface area contributed by atoms with E-state index in [0.29, 0.717) is 0 Å². The molecule has 2 unspecified atom stereocenters. The van der Waals surface area contributed by atoms with Crippen molar-refractivity contribution in [3.05, 3.63) is 23.8 Å². The maximum Gasteiger partial charge on any atom is 0.255 e. The summed E-state index contributed by atoms with van der Waals surface area (Å²) in [6.45, 7) is 0.0784. The first kappa shape index (κ1) is 13.7. The average molecular weight is 265 g/mol. The SMILES string of the molecule is COc1cccc(C(=O)NC2CCCC2CO)c1O. The number of carbonyl (C=O) groups is 1. The minimum absolute atomic E-state index is 0.0249. The van der Waals surface area contributed by atoms with Gasteiger partial charge in [-0.15, -0.1) is 0 Å². The van der Waals surface area contributed by atoms with Gasteiger partial charge in [-0.25, -0.2) is 0 Å². The summed E-state index contributed by atoms with van der Waals surface area (Å²) >= 11 is 0. The number of para-hydroxylation sites is 1. The summed E-state index contributed by atoms with van der Waals surface area (Å²) in [7, 11) is 1.44. The fraction of sp³-hybridized carbons (Fsp3) is 0.500. The smallest absolute Gasteiger partial charge is 0.255 e. The van der Waals surface area contributed by atoms with Gasteiger partial charge in [0.1, 0.15) is 0 Å². The molecule has 0 radical (unpaired) electrons. The molecule has 5 heteroatoms. The van der Waals surface area contributed by atoms with Crippen molar-refractivity contribution < 1.29 is 19.7 Å². The molecule has 2 rings (SSSR count). The van der Waals surface area contributed by atoms with Crippen LogP contribution in [0.1, 0.15) is 29.6 Å². The zero-order valence-electron chi connectivity index (χ0n) is 10.9. The molecular weight excluding hydrogens is 246 g/mol. The summed E-state index contributed by atoms with van der Waals surface area (Å²) in [6, 6.07) is 4.78. The van der Waals surface area contributed by atoms with Crippen LogP contribution in [0.15, 0.2) is 18.2 Å². The Morgan fingerprint density at radius 2 is 2.26 bits per heavy atom. The van der Waals surface area contributed by atoms with E-state index >= 15 is 0 Å². The molecule has 0 spiro atoms. The van der Waals surface area contributed by atoms with Crippen LogP contribution in [-0.2, 0) is 0 Å². The van der Waals surface area contributed by atoms with Gasteiger partial charge in [0.05, 0.1) is 12.7 Å². The Balaban J connectivity index is 2.12. The Hall–Kier alpha value is -1.75. The molecule has 5 nitrogen and oxygen atoms in total. The average Bonchev–Trinajstić information content (AvgIpc) is 2.86. The first-order valence-corrected chi connectivity index (χ1v) is 6.45. The number of aliphatic hydroxyl groups is 1. The fourth-order valence-electron chi connectivity index (χ4n) is 2.56. The molecule has 1 aromatic carbocycles. The summed E-state index contributed by atoms with van der Waals surface area (Å²) in [5, 5.41) is 22.0. The van der Waals surface area contributed by atoms with E-state index in [1.165, 1.54) is 7.11 Å². The number of nitrogens with one attached hydrogen (secondary N) is 1. The number of phenols is 1. The van der Waals surface area contributed by atoms with E-state index in [4.69, 9.17) is 4.74 Å². The lowest BCUT2D eigenvalue weighted by atomic mass is 10.0. The van der Waals surface area contributed by atoms with Crippen molar-refractivity contribution in [2.75, 3.05) is 13.7 Å². The monoisotopic (exact) mass is 265 g/mol. The van der Waals surface area contributed by atoms with Gasteiger partial charge in [-0.2, -0.15) is 0 Å². The number of methoxy groups -OCH3 is 1. The molecule has 0 aromatic heterocycles. The van der Waals surface area contributed by atoms with Crippen molar-refractivity contribution in [3.63, 3.8) is 0 Å². The first-order valence-electron chi connectivity index (χ1n) is 6.45. The lowest BCUT2D eigenvalue weighted by Crippen LogP contribution is -2.38. The normalized spacial score (nSPS) is 22.2. The Morgan fingerprint density at radius 1 is 1.47 bits per heavy atom. The molecular formula is C14H19NO4. The van der Waals surface area contributed by atoms with Crippen molar-refractivity contribution in [2.45, 2.75) is 25.3 Å². The van der Waals surface area contributed by atoms with Crippen molar-refractivity contribution in [2.24, 2.45) is 5.92 Å². The van der Waals surface area contributed by atoms with Gasteiger partial charge in [0, 0.05) is 18.6 Å². The quantitative estimate of drug-likeness (QED) is 0.766. The molecule has 19 heavy (non-hydrogen) atoms. The van der Waals surface area contributed by atoms with Gasteiger partial charge in [-0.05, 0) is 25.0 Å². The third kappa shape index (κ3) is 2.81. The number of hydrogen-bond donors (Lipinski definition) is 3. The van der Waals surface area contributed by atoms with Gasteiger partial charge in [-0.1, -0.05) is 12.5 Å². The van der Waals surface area contributed by atoms with E-state index in [1.807, 2.05) is 0 Å². The minimum atomic E-state index is -0.332. The van der Waals surface area contributed by atoms with E-state index in [1.54, 1.807) is 18.2 Å². The topological polar surface area (TPSA) is 78.8 Å². The fourth-order valence-corrected chi connectivity index (χ4v) is 2.56. The number of ether oxygens (including phenoxy) is 1. The van der Waals surface area contributed by atoms with Crippen molar-refractivity contribution >= 4 is 5.91 Å². The zero-order valence-corrected chi connectivity index (χ0v) is 10.9. The van der Waals surface area contributed by atoms with E-state index in [0.717, 1.165) is 19.3 Å². The van der Waals surface area contributed by atoms with Gasteiger partial charge in [-0.3, -0.25) is 4.79 Å². The van der Waals surface area contributed by atoms with Crippen LogP contribution < -0.4 is 10.1 Å². The number of benzene rings is 1. The third-order valence-corrected chi connectivity index (χ3v) is 3.67. The van der Waals surface area contributed by atoms with Crippen molar-refractivity contribution in [1.82, 2.24) is 5.32 Å². The molecule has 1 aromatic rings. The highest BCUT2D eigenvalue weighted by Crippen LogP contribution is 2.30. The first-order chi connectivity index (χ1) is 9.17. The highest BCUT2D eigenvalue weighted by atomic mass is 16.5. The molecule has 0 saturated heterocycles. The van der Waals surface area contributed by atoms with Crippen LogP contribution in [0.3, 0.4) is 0 Å². The van der Waals surface area contributed by atoms with Gasteiger partial charge in [0.25, 0.3) is 5.91 Å². The zero-order chi connectivity index (χ0) is 13.8. The van der Waals surface area contributed by atoms with Crippen LogP contribution in [0, 0.1) is 5.92 Å². The Kier molecular flexibility index (Phi) is 4.27. The minimum Gasteiger partial charge on any atom is -0.504 e. The molecule has 0 aliphatic heterocycles. The van der Waals surface area contributed by atoms with Crippen LogP contribution in [0.2, 0.25) is 0 Å². The van der Waals surface area contributed by atoms with Gasteiger partial charge < -0.3 is 20.3 Å². The highest BCUT2D eigenvalue weighted by molar-refractivity contribution is 5.97. The largest absolute Gasteiger partial charge is 0.504 e. The van der Waals surface area contributed by atoms with Crippen LogP contribution in [0.4, 0.5) is 0 Å². The standard InChI is InChI=1S/C14H19NO4/c1-19-12-7-3-5-10(13(12)17)14(18)15-11-6-2-4-9(11)8-16/h3,5,7,9,11,16-17H,2,4,6,8H2,1H3,(H,15,18). The second kappa shape index (κ2) is 5.93. The number of rotatable bonds is 4. The molecule has 1 aliphatic rings. The lowest BCUT2D eigenvalue weighted by molar-refractivity contribution is 0.0913. The molecule has 0 heterocycles. The second-order valence-corrected chi connectivity index (χ2v) is 4.81. The molecule has 3 N–H and O–H groups in total. The maximum atomic E-state index is 12.1. The second-order valence-electron chi connectivity index (χ2n) is 4.81. The number of amides is 1. The number of aromatic hydroxyl groups is 1. The molecule has 1 saturated carbocycles. The van der Waals surface area contributed by atoms with E-state index < -0.39 is 0 Å². The van der Waals surface area contributed by atoms with Crippen molar-refractivity contribution in [3.8, 4) is 11.5 Å². The molecule has 2 atom stereocenters. The maximum absolute atomic E-state index is 12.1. The van der Waals surface area contributed by atoms with Crippen LogP contribution in [-0.4, -0.2) is 35.9 Å². The number of phenolic OH excluding ortho intramolecular Hbond substituents is 1. The van der Waals surface area contributed by atoms with Crippen LogP contribution >= 0.6 is 0 Å². The molecule has 1 fully saturated rings.